The Kier molecular flexibility index (Phi) is 6.45. The molecule has 0 bridgehead atoms. The summed E-state index contributed by atoms with van der Waals surface area (Å²) in [5, 5.41) is 9.13. The van der Waals surface area contributed by atoms with Gasteiger partial charge in [-0.3, -0.25) is 10.1 Å². The van der Waals surface area contributed by atoms with Crippen LogP contribution in [0.3, 0.4) is 0 Å². The van der Waals surface area contributed by atoms with Crippen LogP contribution < -0.4 is 15.4 Å². The molecule has 198 valence electrons. The van der Waals surface area contributed by atoms with Gasteiger partial charge in [0.15, 0.2) is 11.6 Å². The van der Waals surface area contributed by atoms with Gasteiger partial charge in [-0.05, 0) is 49.9 Å². The Morgan fingerprint density at radius 1 is 1.21 bits per heavy atom. The molecule has 4 heterocycles. The van der Waals surface area contributed by atoms with Crippen molar-refractivity contribution in [2.24, 2.45) is 11.7 Å². The van der Waals surface area contributed by atoms with Gasteiger partial charge in [-0.2, -0.15) is 5.10 Å². The van der Waals surface area contributed by atoms with Crippen molar-refractivity contribution in [1.29, 1.82) is 0 Å². The van der Waals surface area contributed by atoms with Crippen molar-refractivity contribution in [3.05, 3.63) is 64.3 Å². The predicted molar refractivity (Wildman–Crippen MR) is 148 cm³/mol. The molecule has 0 spiro atoms. The molecular formula is C28H29Cl2FN6O. The van der Waals surface area contributed by atoms with E-state index in [2.05, 4.69) is 27.1 Å². The third-order valence-electron chi connectivity index (χ3n) is 7.93. The van der Waals surface area contributed by atoms with Crippen molar-refractivity contribution in [2.75, 3.05) is 11.4 Å². The van der Waals surface area contributed by atoms with Crippen LogP contribution in [0.5, 0.6) is 5.75 Å². The number of aromatic amines is 1. The minimum Gasteiger partial charge on any atom is -0.486 e. The van der Waals surface area contributed by atoms with Crippen LogP contribution in [0.2, 0.25) is 10.0 Å². The second kappa shape index (κ2) is 9.67. The summed E-state index contributed by atoms with van der Waals surface area (Å²) in [5.41, 5.74) is 8.98. The van der Waals surface area contributed by atoms with E-state index in [4.69, 9.17) is 33.7 Å². The van der Waals surface area contributed by atoms with Crippen molar-refractivity contribution in [3.63, 3.8) is 0 Å². The van der Waals surface area contributed by atoms with Crippen LogP contribution in [0.15, 0.2) is 42.9 Å². The summed E-state index contributed by atoms with van der Waals surface area (Å²) in [6.07, 6.45) is 8.66. The third kappa shape index (κ3) is 4.48. The number of ether oxygens (including phenoxy) is 1. The Bertz CT molecular complexity index is 1490. The number of nitrogens with one attached hydrogen (secondary N) is 1. The average Bonchev–Trinajstić information content (AvgIpc) is 3.63. The summed E-state index contributed by atoms with van der Waals surface area (Å²) in [4.78, 5) is 10.6. The first-order chi connectivity index (χ1) is 18.3. The number of nitrogens with two attached hydrogens (primary N) is 1. The van der Waals surface area contributed by atoms with Crippen molar-refractivity contribution in [2.45, 2.75) is 57.2 Å². The maximum atomic E-state index is 15.5. The fraction of sp³-hybridized carbons (Fsp3) is 0.393. The number of anilines is 1. The lowest BCUT2D eigenvalue weighted by molar-refractivity contribution is 0.204. The molecule has 1 saturated carbocycles. The maximum Gasteiger partial charge on any atom is 0.166 e. The molecule has 3 N–H and O–H groups in total. The maximum absolute atomic E-state index is 15.5. The van der Waals surface area contributed by atoms with Crippen LogP contribution in [0.25, 0.3) is 22.2 Å². The number of hydrogen-bond donors (Lipinski definition) is 2. The van der Waals surface area contributed by atoms with Gasteiger partial charge in [0.2, 0.25) is 0 Å². The van der Waals surface area contributed by atoms with Gasteiger partial charge in [0.05, 0.1) is 27.1 Å². The van der Waals surface area contributed by atoms with E-state index in [0.29, 0.717) is 50.9 Å². The smallest absolute Gasteiger partial charge is 0.166 e. The van der Waals surface area contributed by atoms with E-state index in [0.717, 1.165) is 23.7 Å². The number of benzene rings is 1. The third-order valence-corrected chi connectivity index (χ3v) is 8.53. The molecule has 2 unspecified atom stereocenters. The van der Waals surface area contributed by atoms with Crippen LogP contribution in [-0.2, 0) is 0 Å². The number of aromatic nitrogens is 4. The van der Waals surface area contributed by atoms with E-state index in [1.807, 2.05) is 30.0 Å². The lowest BCUT2D eigenvalue weighted by Gasteiger charge is -2.56. The Hall–Kier alpha value is -2.94. The van der Waals surface area contributed by atoms with E-state index in [1.54, 1.807) is 6.20 Å². The van der Waals surface area contributed by atoms with Crippen molar-refractivity contribution >= 4 is 39.9 Å². The van der Waals surface area contributed by atoms with Gasteiger partial charge in [-0.25, -0.2) is 9.37 Å². The number of halogens is 3. The van der Waals surface area contributed by atoms with Gasteiger partial charge in [-0.1, -0.05) is 43.0 Å². The molecule has 0 amide bonds. The Labute approximate surface area is 230 Å². The summed E-state index contributed by atoms with van der Waals surface area (Å²) < 4.78 is 21.6. The monoisotopic (exact) mass is 554 g/mol. The first kappa shape index (κ1) is 25.3. The average molecular weight is 555 g/mol. The second-order valence-corrected chi connectivity index (χ2v) is 11.3. The van der Waals surface area contributed by atoms with Crippen LogP contribution in [0, 0.1) is 11.7 Å². The van der Waals surface area contributed by atoms with Gasteiger partial charge in [0.1, 0.15) is 17.5 Å². The van der Waals surface area contributed by atoms with Gasteiger partial charge < -0.3 is 15.4 Å². The minimum absolute atomic E-state index is 0.114. The molecule has 1 aliphatic heterocycles. The van der Waals surface area contributed by atoms with Gasteiger partial charge >= 0.3 is 0 Å². The molecule has 1 aliphatic carbocycles. The minimum atomic E-state index is -0.415. The van der Waals surface area contributed by atoms with E-state index in [9.17, 15) is 0 Å². The summed E-state index contributed by atoms with van der Waals surface area (Å²) >= 11 is 12.6. The Balaban J connectivity index is 1.27. The number of fused-ring (bicyclic) bond motifs is 1. The van der Waals surface area contributed by atoms with Crippen LogP contribution in [0.1, 0.15) is 51.2 Å². The van der Waals surface area contributed by atoms with E-state index in [-0.39, 0.29) is 17.4 Å². The fourth-order valence-corrected chi connectivity index (χ4v) is 6.13. The quantitative estimate of drug-likeness (QED) is 0.251. The Morgan fingerprint density at radius 3 is 2.66 bits per heavy atom. The summed E-state index contributed by atoms with van der Waals surface area (Å²) in [5.74, 6) is 1.28. The zero-order valence-corrected chi connectivity index (χ0v) is 22.7. The number of nitrogens with zero attached hydrogens (tertiary/aromatic N) is 4. The van der Waals surface area contributed by atoms with Crippen molar-refractivity contribution < 1.29 is 9.13 Å². The van der Waals surface area contributed by atoms with Gasteiger partial charge in [0.25, 0.3) is 0 Å². The van der Waals surface area contributed by atoms with E-state index < -0.39 is 6.10 Å². The SMILES string of the molecule is CCC1(N)CN(c2ncc(-c3n[nH]c4ccc(O[C@H](C)c5c(Cl)cncc5Cl)cc34)cc2F)C1CC1CC1. The van der Waals surface area contributed by atoms with Gasteiger partial charge in [-0.15, -0.1) is 0 Å². The van der Waals surface area contributed by atoms with E-state index >= 15 is 4.39 Å². The zero-order valence-electron chi connectivity index (χ0n) is 21.2. The highest BCUT2D eigenvalue weighted by atomic mass is 35.5. The van der Waals surface area contributed by atoms with E-state index in [1.165, 1.54) is 31.3 Å². The highest BCUT2D eigenvalue weighted by Crippen LogP contribution is 2.44. The number of H-pyrrole nitrogens is 1. The molecule has 3 aromatic heterocycles. The highest BCUT2D eigenvalue weighted by molar-refractivity contribution is 6.35. The zero-order chi connectivity index (χ0) is 26.6. The fourth-order valence-electron chi connectivity index (χ4n) is 5.46. The lowest BCUT2D eigenvalue weighted by Crippen LogP contribution is -2.74. The molecule has 0 radical (unpaired) electrons. The molecule has 10 heteroatoms. The molecule has 3 atom stereocenters. The molecule has 1 aromatic carbocycles. The number of pyridine rings is 2. The van der Waals surface area contributed by atoms with Gasteiger partial charge in [0, 0.05) is 41.6 Å². The predicted octanol–water partition coefficient (Wildman–Crippen LogP) is 6.70. The van der Waals surface area contributed by atoms with Crippen LogP contribution >= 0.6 is 23.2 Å². The highest BCUT2D eigenvalue weighted by Gasteiger charge is 2.51. The molecule has 38 heavy (non-hydrogen) atoms. The molecule has 1 saturated heterocycles. The first-order valence-corrected chi connectivity index (χ1v) is 13.7. The van der Waals surface area contributed by atoms with Crippen molar-refractivity contribution in [1.82, 2.24) is 20.2 Å². The topological polar surface area (TPSA) is 93.0 Å². The standard InChI is InChI=1S/C28H29Cl2FN6O/c1-3-28(32)14-37(24(28)8-16-4-5-16)27-22(31)9-17(11-34-27)26-19-10-18(6-7-23(19)35-36-26)38-15(2)25-20(29)12-33-13-21(25)30/h6-7,9-13,15-16,24H,3-5,8,14,32H2,1-2H3,(H,35,36)/t15-,24?,28?/m1/s1. The summed E-state index contributed by atoms with van der Waals surface area (Å²) in [6, 6.07) is 7.19. The number of rotatable bonds is 8. The van der Waals surface area contributed by atoms with Crippen molar-refractivity contribution in [3.8, 4) is 17.0 Å². The first-order valence-electron chi connectivity index (χ1n) is 12.9. The molecule has 6 rings (SSSR count). The Morgan fingerprint density at radius 2 is 1.97 bits per heavy atom. The lowest BCUT2D eigenvalue weighted by atomic mass is 9.76. The summed E-state index contributed by atoms with van der Waals surface area (Å²) in [7, 11) is 0. The van der Waals surface area contributed by atoms with Crippen LogP contribution in [0.4, 0.5) is 10.2 Å². The second-order valence-electron chi connectivity index (χ2n) is 10.5. The van der Waals surface area contributed by atoms with Crippen LogP contribution in [-0.4, -0.2) is 38.3 Å². The molecule has 2 aliphatic rings. The normalized spacial score (nSPS) is 21.9. The summed E-state index contributed by atoms with van der Waals surface area (Å²) in [6.45, 7) is 4.58. The molecule has 2 fully saturated rings. The number of hydrogen-bond acceptors (Lipinski definition) is 6. The molecule has 4 aromatic rings. The molecule has 7 nitrogen and oxygen atoms in total. The molecular weight excluding hydrogens is 526 g/mol. The largest absolute Gasteiger partial charge is 0.486 e.